The van der Waals surface area contributed by atoms with Crippen LogP contribution in [0.3, 0.4) is 0 Å². The van der Waals surface area contributed by atoms with Crippen molar-refractivity contribution in [3.05, 3.63) is 64.4 Å². The Hall–Kier alpha value is -1.19. The molecule has 2 aromatic rings. The van der Waals surface area contributed by atoms with Gasteiger partial charge in [0, 0.05) is 16.9 Å². The van der Waals surface area contributed by atoms with Gasteiger partial charge in [0.05, 0.1) is 5.54 Å². The molecular formula is C14H15BrN2. The summed E-state index contributed by atoms with van der Waals surface area (Å²) in [5.74, 6) is 0. The number of halogens is 1. The summed E-state index contributed by atoms with van der Waals surface area (Å²) in [6, 6.07) is 12.1. The van der Waals surface area contributed by atoms with Crippen molar-refractivity contribution in [3.8, 4) is 0 Å². The highest BCUT2D eigenvalue weighted by Crippen LogP contribution is 2.31. The minimum absolute atomic E-state index is 0.474. The number of pyridine rings is 1. The van der Waals surface area contributed by atoms with Crippen LogP contribution in [0.4, 0.5) is 0 Å². The van der Waals surface area contributed by atoms with Crippen LogP contribution in [0.2, 0.25) is 0 Å². The van der Waals surface area contributed by atoms with Gasteiger partial charge in [-0.05, 0) is 35.7 Å². The molecule has 0 fully saturated rings. The Labute approximate surface area is 110 Å². The van der Waals surface area contributed by atoms with Crippen molar-refractivity contribution in [2.45, 2.75) is 18.9 Å². The first-order valence-electron chi connectivity index (χ1n) is 5.62. The summed E-state index contributed by atoms with van der Waals surface area (Å²) in [7, 11) is 0. The van der Waals surface area contributed by atoms with Crippen molar-refractivity contribution in [2.24, 2.45) is 5.73 Å². The third-order valence-electron chi connectivity index (χ3n) is 3.07. The molecule has 0 saturated carbocycles. The summed E-state index contributed by atoms with van der Waals surface area (Å²) < 4.78 is 1.04. The van der Waals surface area contributed by atoms with Crippen molar-refractivity contribution in [1.29, 1.82) is 0 Å². The normalized spacial score (nSPS) is 14.3. The van der Waals surface area contributed by atoms with Gasteiger partial charge in [-0.25, -0.2) is 0 Å². The Balaban J connectivity index is 2.52. The van der Waals surface area contributed by atoms with Crippen molar-refractivity contribution in [1.82, 2.24) is 4.98 Å². The molecule has 1 heterocycles. The van der Waals surface area contributed by atoms with Crippen molar-refractivity contribution >= 4 is 15.9 Å². The largest absolute Gasteiger partial charge is 0.318 e. The van der Waals surface area contributed by atoms with Crippen molar-refractivity contribution < 1.29 is 0 Å². The summed E-state index contributed by atoms with van der Waals surface area (Å²) in [5.41, 5.74) is 8.22. The molecule has 2 rings (SSSR count). The molecule has 3 heteroatoms. The molecule has 17 heavy (non-hydrogen) atoms. The van der Waals surface area contributed by atoms with E-state index in [1.807, 2.05) is 30.5 Å². The molecular weight excluding hydrogens is 276 g/mol. The van der Waals surface area contributed by atoms with Crippen LogP contribution >= 0.6 is 15.9 Å². The first-order valence-corrected chi connectivity index (χ1v) is 6.41. The van der Waals surface area contributed by atoms with E-state index in [0.29, 0.717) is 0 Å². The van der Waals surface area contributed by atoms with Crippen LogP contribution in [-0.2, 0) is 5.54 Å². The second-order valence-corrected chi connectivity index (χ2v) is 4.99. The van der Waals surface area contributed by atoms with E-state index in [4.69, 9.17) is 5.73 Å². The molecule has 0 saturated heterocycles. The van der Waals surface area contributed by atoms with E-state index >= 15 is 0 Å². The quantitative estimate of drug-likeness (QED) is 0.940. The lowest BCUT2D eigenvalue weighted by molar-refractivity contribution is 0.517. The van der Waals surface area contributed by atoms with E-state index in [1.165, 1.54) is 0 Å². The Morgan fingerprint density at radius 3 is 2.59 bits per heavy atom. The maximum atomic E-state index is 6.55. The summed E-state index contributed by atoms with van der Waals surface area (Å²) in [4.78, 5) is 4.15. The zero-order chi connectivity index (χ0) is 12.3. The van der Waals surface area contributed by atoms with E-state index in [-0.39, 0.29) is 0 Å². The van der Waals surface area contributed by atoms with Gasteiger partial charge in [-0.15, -0.1) is 0 Å². The van der Waals surface area contributed by atoms with Crippen LogP contribution in [-0.4, -0.2) is 4.98 Å². The highest BCUT2D eigenvalue weighted by atomic mass is 79.9. The lowest BCUT2D eigenvalue weighted by atomic mass is 9.82. The van der Waals surface area contributed by atoms with Crippen LogP contribution in [0.15, 0.2) is 53.3 Å². The van der Waals surface area contributed by atoms with Crippen LogP contribution in [0, 0.1) is 0 Å². The molecule has 0 bridgehead atoms. The van der Waals surface area contributed by atoms with E-state index in [9.17, 15) is 0 Å². The number of nitrogens with zero attached hydrogens (tertiary/aromatic N) is 1. The highest BCUT2D eigenvalue weighted by molar-refractivity contribution is 9.10. The molecule has 1 aromatic carbocycles. The second kappa shape index (κ2) is 4.98. The van der Waals surface area contributed by atoms with Gasteiger partial charge in [0.2, 0.25) is 0 Å². The van der Waals surface area contributed by atoms with Gasteiger partial charge in [-0.3, -0.25) is 4.98 Å². The second-order valence-electron chi connectivity index (χ2n) is 4.08. The van der Waals surface area contributed by atoms with Crippen LogP contribution in [0.5, 0.6) is 0 Å². The van der Waals surface area contributed by atoms with Gasteiger partial charge in [-0.1, -0.05) is 41.1 Å². The molecule has 88 valence electrons. The molecule has 0 aliphatic carbocycles. The van der Waals surface area contributed by atoms with Crippen molar-refractivity contribution in [2.75, 3.05) is 0 Å². The zero-order valence-corrected chi connectivity index (χ0v) is 11.3. The number of aromatic nitrogens is 1. The van der Waals surface area contributed by atoms with E-state index in [0.717, 1.165) is 22.0 Å². The molecule has 1 atom stereocenters. The third-order valence-corrected chi connectivity index (χ3v) is 3.57. The van der Waals surface area contributed by atoms with Gasteiger partial charge >= 0.3 is 0 Å². The first kappa shape index (κ1) is 12.3. The van der Waals surface area contributed by atoms with Gasteiger partial charge < -0.3 is 5.73 Å². The molecule has 1 aromatic heterocycles. The number of rotatable bonds is 3. The highest BCUT2D eigenvalue weighted by Gasteiger charge is 2.27. The maximum absolute atomic E-state index is 6.55. The smallest absolute Gasteiger partial charge is 0.0678 e. The Bertz CT molecular complexity index is 499. The lowest BCUT2D eigenvalue weighted by Gasteiger charge is -2.29. The van der Waals surface area contributed by atoms with Gasteiger partial charge in [0.15, 0.2) is 0 Å². The van der Waals surface area contributed by atoms with E-state index in [1.54, 1.807) is 6.20 Å². The summed E-state index contributed by atoms with van der Waals surface area (Å²) >= 11 is 3.49. The van der Waals surface area contributed by atoms with Gasteiger partial charge in [0.1, 0.15) is 0 Å². The minimum Gasteiger partial charge on any atom is -0.318 e. The van der Waals surface area contributed by atoms with E-state index < -0.39 is 5.54 Å². The molecule has 0 amide bonds. The fraction of sp³-hybridized carbons (Fsp3) is 0.214. The predicted molar refractivity (Wildman–Crippen MR) is 73.6 cm³/mol. The Morgan fingerprint density at radius 1 is 1.24 bits per heavy atom. The lowest BCUT2D eigenvalue weighted by Crippen LogP contribution is -2.37. The van der Waals surface area contributed by atoms with Gasteiger partial charge in [0.25, 0.3) is 0 Å². The number of hydrogen-bond donors (Lipinski definition) is 1. The zero-order valence-electron chi connectivity index (χ0n) is 9.73. The van der Waals surface area contributed by atoms with Crippen LogP contribution in [0.25, 0.3) is 0 Å². The first-order chi connectivity index (χ1) is 8.16. The number of nitrogens with two attached hydrogens (primary N) is 1. The van der Waals surface area contributed by atoms with Gasteiger partial charge in [-0.2, -0.15) is 0 Å². The average Bonchev–Trinajstić information content (AvgIpc) is 2.39. The summed E-state index contributed by atoms with van der Waals surface area (Å²) in [6.07, 6.45) is 4.43. The SMILES string of the molecule is CCC(N)(c1cccnc1)c1cccc(Br)c1. The Kier molecular flexibility index (Phi) is 3.60. The predicted octanol–water partition coefficient (Wildman–Crippen LogP) is 3.46. The monoisotopic (exact) mass is 290 g/mol. The molecule has 1 unspecified atom stereocenters. The standard InChI is InChI=1S/C14H15BrN2/c1-2-14(16,12-6-4-8-17-10-12)11-5-3-7-13(15)9-11/h3-10H,2,16H2,1H3. The Morgan fingerprint density at radius 2 is 2.00 bits per heavy atom. The summed E-state index contributed by atoms with van der Waals surface area (Å²) in [6.45, 7) is 2.09. The fourth-order valence-corrected chi connectivity index (χ4v) is 2.37. The average molecular weight is 291 g/mol. The van der Waals surface area contributed by atoms with Crippen LogP contribution < -0.4 is 5.73 Å². The van der Waals surface area contributed by atoms with Crippen molar-refractivity contribution in [3.63, 3.8) is 0 Å². The summed E-state index contributed by atoms with van der Waals surface area (Å²) in [5, 5.41) is 0. The maximum Gasteiger partial charge on any atom is 0.0678 e. The van der Waals surface area contributed by atoms with Crippen LogP contribution in [0.1, 0.15) is 24.5 Å². The molecule has 0 aliphatic rings. The topological polar surface area (TPSA) is 38.9 Å². The molecule has 2 nitrogen and oxygen atoms in total. The van der Waals surface area contributed by atoms with E-state index in [2.05, 4.69) is 40.0 Å². The molecule has 0 aliphatic heterocycles. The molecule has 2 N–H and O–H groups in total. The number of benzene rings is 1. The minimum atomic E-state index is -0.474. The number of hydrogen-bond acceptors (Lipinski definition) is 2. The fourth-order valence-electron chi connectivity index (χ4n) is 1.97. The molecule has 0 spiro atoms. The third kappa shape index (κ3) is 2.40. The molecule has 0 radical (unpaired) electrons.